The number of nitrogens with one attached hydrogen (secondary N) is 1. The van der Waals surface area contributed by atoms with Crippen molar-refractivity contribution in [1.82, 2.24) is 15.1 Å². The van der Waals surface area contributed by atoms with E-state index in [9.17, 15) is 0 Å². The van der Waals surface area contributed by atoms with E-state index < -0.39 is 0 Å². The fourth-order valence-corrected chi connectivity index (χ4v) is 4.42. The van der Waals surface area contributed by atoms with Crippen molar-refractivity contribution in [2.45, 2.75) is 18.5 Å². The number of piperazine rings is 1. The summed E-state index contributed by atoms with van der Waals surface area (Å²) in [4.78, 5) is 5.45. The molecule has 4 heteroatoms. The zero-order chi connectivity index (χ0) is 10.1. The van der Waals surface area contributed by atoms with Crippen molar-refractivity contribution in [2.24, 2.45) is 0 Å². The second-order valence-corrected chi connectivity index (χ2v) is 5.97. The summed E-state index contributed by atoms with van der Waals surface area (Å²) in [5, 5.41) is 3.45. The van der Waals surface area contributed by atoms with Crippen LogP contribution >= 0.6 is 11.8 Å². The van der Waals surface area contributed by atoms with Crippen LogP contribution in [-0.4, -0.2) is 72.7 Å². The first-order valence-electron chi connectivity index (χ1n) is 6.22. The topological polar surface area (TPSA) is 18.5 Å². The van der Waals surface area contributed by atoms with Gasteiger partial charge in [0.25, 0.3) is 0 Å². The minimum atomic E-state index is 0.861. The molecule has 3 heterocycles. The fraction of sp³-hybridized carbons (Fsp3) is 1.00. The normalized spacial score (nSPS) is 39.2. The van der Waals surface area contributed by atoms with Crippen molar-refractivity contribution < 1.29 is 0 Å². The van der Waals surface area contributed by atoms with Gasteiger partial charge in [-0.15, -0.1) is 0 Å². The molecule has 0 spiro atoms. The second kappa shape index (κ2) is 4.62. The van der Waals surface area contributed by atoms with Crippen molar-refractivity contribution in [3.8, 4) is 0 Å². The Kier molecular flexibility index (Phi) is 3.20. The van der Waals surface area contributed by atoms with Gasteiger partial charge in [0.15, 0.2) is 0 Å². The third-order valence-corrected chi connectivity index (χ3v) is 5.11. The van der Waals surface area contributed by atoms with E-state index in [-0.39, 0.29) is 0 Å². The molecule has 3 rings (SSSR count). The Morgan fingerprint density at radius 2 is 1.73 bits per heavy atom. The molecule has 0 aliphatic carbocycles. The molecule has 0 bridgehead atoms. The van der Waals surface area contributed by atoms with Gasteiger partial charge in [0.05, 0.1) is 0 Å². The van der Waals surface area contributed by atoms with Crippen molar-refractivity contribution in [1.29, 1.82) is 0 Å². The molecule has 1 N–H and O–H groups in total. The molecule has 0 saturated carbocycles. The van der Waals surface area contributed by atoms with Crippen molar-refractivity contribution in [3.05, 3.63) is 0 Å². The number of hydrogen-bond donors (Lipinski definition) is 1. The van der Waals surface area contributed by atoms with E-state index in [0.717, 1.165) is 12.1 Å². The number of thioether (sulfide) groups is 1. The number of rotatable bonds is 1. The van der Waals surface area contributed by atoms with Gasteiger partial charge in [-0.3, -0.25) is 9.80 Å². The maximum Gasteiger partial charge on any atom is 0.0342 e. The standard InChI is InChI=1S/C11H21N3S/c1-4-13-7-8-15-9-11(13)10(1)14-5-2-12-3-6-14/h10-12H,1-9H2. The highest BCUT2D eigenvalue weighted by Gasteiger charge is 2.38. The molecule has 3 aliphatic heterocycles. The Labute approximate surface area is 96.6 Å². The molecule has 86 valence electrons. The average molecular weight is 227 g/mol. The monoisotopic (exact) mass is 227 g/mol. The summed E-state index contributed by atoms with van der Waals surface area (Å²) in [6, 6.07) is 1.72. The van der Waals surface area contributed by atoms with Crippen LogP contribution in [-0.2, 0) is 0 Å². The SMILES string of the molecule is C1CN(C2CCN3CCSCC23)CCN1. The first-order valence-corrected chi connectivity index (χ1v) is 7.37. The first-order chi connectivity index (χ1) is 7.45. The third-order valence-electron chi connectivity index (χ3n) is 4.06. The summed E-state index contributed by atoms with van der Waals surface area (Å²) in [6.07, 6.45) is 1.41. The predicted molar refractivity (Wildman–Crippen MR) is 65.5 cm³/mol. The predicted octanol–water partition coefficient (Wildman–Crippen LogP) is 0.0813. The van der Waals surface area contributed by atoms with Gasteiger partial charge in [0, 0.05) is 62.9 Å². The number of hydrogen-bond acceptors (Lipinski definition) is 4. The van der Waals surface area contributed by atoms with Crippen molar-refractivity contribution >= 4 is 11.8 Å². The lowest BCUT2D eigenvalue weighted by molar-refractivity contribution is 0.137. The Balaban J connectivity index is 1.65. The molecular weight excluding hydrogens is 206 g/mol. The summed E-state index contributed by atoms with van der Waals surface area (Å²) < 4.78 is 0. The highest BCUT2D eigenvalue weighted by molar-refractivity contribution is 7.99. The number of fused-ring (bicyclic) bond motifs is 1. The summed E-state index contributed by atoms with van der Waals surface area (Å²) >= 11 is 2.16. The largest absolute Gasteiger partial charge is 0.314 e. The first kappa shape index (κ1) is 10.4. The van der Waals surface area contributed by atoms with Crippen LogP contribution in [0.15, 0.2) is 0 Å². The molecule has 0 amide bonds. The Bertz CT molecular complexity index is 218. The summed E-state index contributed by atoms with van der Waals surface area (Å²) in [7, 11) is 0. The van der Waals surface area contributed by atoms with Gasteiger partial charge < -0.3 is 5.32 Å². The minimum Gasteiger partial charge on any atom is -0.314 e. The lowest BCUT2D eigenvalue weighted by Gasteiger charge is -2.39. The van der Waals surface area contributed by atoms with Gasteiger partial charge in [-0.25, -0.2) is 0 Å². The van der Waals surface area contributed by atoms with Gasteiger partial charge in [0.1, 0.15) is 0 Å². The van der Waals surface area contributed by atoms with E-state index in [1.807, 2.05) is 0 Å². The van der Waals surface area contributed by atoms with Gasteiger partial charge in [-0.2, -0.15) is 11.8 Å². The molecule has 2 unspecified atom stereocenters. The van der Waals surface area contributed by atoms with E-state index in [4.69, 9.17) is 0 Å². The maximum absolute atomic E-state index is 3.45. The smallest absolute Gasteiger partial charge is 0.0342 e. The number of nitrogens with zero attached hydrogens (tertiary/aromatic N) is 2. The Hall–Kier alpha value is 0.230. The van der Waals surface area contributed by atoms with Crippen LogP contribution in [0, 0.1) is 0 Å². The van der Waals surface area contributed by atoms with Crippen molar-refractivity contribution in [3.63, 3.8) is 0 Å². The third kappa shape index (κ3) is 2.05. The zero-order valence-corrected chi connectivity index (χ0v) is 10.1. The van der Waals surface area contributed by atoms with E-state index in [0.29, 0.717) is 0 Å². The molecular formula is C11H21N3S. The van der Waals surface area contributed by atoms with Gasteiger partial charge in [0.2, 0.25) is 0 Å². The molecule has 3 saturated heterocycles. The molecule has 15 heavy (non-hydrogen) atoms. The Morgan fingerprint density at radius 1 is 0.933 bits per heavy atom. The van der Waals surface area contributed by atoms with Crippen LogP contribution in [0.4, 0.5) is 0 Å². The highest BCUT2D eigenvalue weighted by Crippen LogP contribution is 2.29. The summed E-state index contributed by atoms with van der Waals surface area (Å²) in [6.45, 7) is 7.59. The van der Waals surface area contributed by atoms with Crippen LogP contribution in [0.25, 0.3) is 0 Å². The molecule has 0 aromatic heterocycles. The lowest BCUT2D eigenvalue weighted by Crippen LogP contribution is -2.54. The molecule has 0 aromatic rings. The fourth-order valence-electron chi connectivity index (χ4n) is 3.22. The minimum absolute atomic E-state index is 0.861. The van der Waals surface area contributed by atoms with Crippen LogP contribution in [0.5, 0.6) is 0 Å². The molecule has 3 fully saturated rings. The summed E-state index contributed by atoms with van der Waals surface area (Å²) in [5.41, 5.74) is 0. The van der Waals surface area contributed by atoms with Gasteiger partial charge >= 0.3 is 0 Å². The van der Waals surface area contributed by atoms with E-state index in [1.165, 1.54) is 57.2 Å². The highest BCUT2D eigenvalue weighted by atomic mass is 32.2. The lowest BCUT2D eigenvalue weighted by atomic mass is 10.1. The maximum atomic E-state index is 3.45. The second-order valence-electron chi connectivity index (χ2n) is 4.82. The van der Waals surface area contributed by atoms with Crippen LogP contribution in [0.2, 0.25) is 0 Å². The van der Waals surface area contributed by atoms with E-state index in [2.05, 4.69) is 26.9 Å². The quantitative estimate of drug-likeness (QED) is 0.683. The Morgan fingerprint density at radius 3 is 2.60 bits per heavy atom. The van der Waals surface area contributed by atoms with Crippen LogP contribution < -0.4 is 5.32 Å². The zero-order valence-electron chi connectivity index (χ0n) is 9.32. The average Bonchev–Trinajstić information content (AvgIpc) is 2.74. The van der Waals surface area contributed by atoms with E-state index in [1.54, 1.807) is 0 Å². The summed E-state index contributed by atoms with van der Waals surface area (Å²) in [5.74, 6) is 2.72. The van der Waals surface area contributed by atoms with Gasteiger partial charge in [-0.1, -0.05) is 0 Å². The molecule has 3 nitrogen and oxygen atoms in total. The van der Waals surface area contributed by atoms with E-state index >= 15 is 0 Å². The molecule has 0 radical (unpaired) electrons. The molecule has 2 atom stereocenters. The van der Waals surface area contributed by atoms with Crippen LogP contribution in [0.1, 0.15) is 6.42 Å². The molecule has 0 aromatic carbocycles. The van der Waals surface area contributed by atoms with Crippen LogP contribution in [0.3, 0.4) is 0 Å². The molecule has 3 aliphatic rings. The van der Waals surface area contributed by atoms with Gasteiger partial charge in [-0.05, 0) is 6.42 Å². The van der Waals surface area contributed by atoms with Crippen molar-refractivity contribution in [2.75, 3.05) is 50.8 Å².